The molecule has 8 nitrogen and oxygen atoms in total. The molecule has 3 rings (SSSR count). The van der Waals surface area contributed by atoms with E-state index >= 15 is 0 Å². The van der Waals surface area contributed by atoms with Crippen LogP contribution < -0.4 is 5.32 Å². The molecule has 1 saturated heterocycles. The maximum absolute atomic E-state index is 13.0. The normalized spacial score (nSPS) is 17.8. The second-order valence-corrected chi connectivity index (χ2v) is 8.53. The molecule has 0 radical (unpaired) electrons. The average molecular weight is 403 g/mol. The van der Waals surface area contributed by atoms with Crippen LogP contribution in [-0.4, -0.2) is 36.1 Å². The van der Waals surface area contributed by atoms with E-state index in [0.717, 1.165) is 6.42 Å². The highest BCUT2D eigenvalue weighted by molar-refractivity contribution is 7.89. The molecule has 1 heterocycles. The van der Waals surface area contributed by atoms with Crippen molar-refractivity contribution >= 4 is 27.3 Å². The molecule has 2 aromatic rings. The maximum atomic E-state index is 13.0. The molecule has 2 aromatic carbocycles. The number of rotatable bonds is 5. The summed E-state index contributed by atoms with van der Waals surface area (Å²) in [6.07, 6.45) is 1.80. The summed E-state index contributed by atoms with van der Waals surface area (Å²) in [7, 11) is -3.82. The van der Waals surface area contributed by atoms with E-state index in [2.05, 4.69) is 5.32 Å². The van der Waals surface area contributed by atoms with Crippen LogP contribution in [0.5, 0.6) is 0 Å². The first kappa shape index (κ1) is 20.0. The largest absolute Gasteiger partial charge is 0.324 e. The molecule has 0 bridgehead atoms. The molecule has 28 heavy (non-hydrogen) atoms. The van der Waals surface area contributed by atoms with Gasteiger partial charge in [0.25, 0.3) is 5.69 Å². The van der Waals surface area contributed by atoms with Crippen LogP contribution in [0.2, 0.25) is 0 Å². The highest BCUT2D eigenvalue weighted by atomic mass is 32.2. The summed E-state index contributed by atoms with van der Waals surface area (Å²) in [5, 5.41) is 13.8. The van der Waals surface area contributed by atoms with Crippen molar-refractivity contribution < 1.29 is 18.1 Å². The lowest BCUT2D eigenvalue weighted by Gasteiger charge is -2.33. The molecule has 1 atom stereocenters. The number of nitro benzene ring substituents is 1. The number of nitro groups is 1. The van der Waals surface area contributed by atoms with Gasteiger partial charge in [0, 0.05) is 12.6 Å². The monoisotopic (exact) mass is 403 g/mol. The molecule has 148 valence electrons. The van der Waals surface area contributed by atoms with E-state index in [9.17, 15) is 23.3 Å². The zero-order valence-electron chi connectivity index (χ0n) is 15.4. The van der Waals surface area contributed by atoms with Gasteiger partial charge in [0.2, 0.25) is 15.9 Å². The summed E-state index contributed by atoms with van der Waals surface area (Å²) < 4.78 is 27.3. The molecule has 0 aromatic heterocycles. The molecule has 1 unspecified atom stereocenters. The van der Waals surface area contributed by atoms with Crippen LogP contribution in [0, 0.1) is 17.0 Å². The van der Waals surface area contributed by atoms with Gasteiger partial charge in [0.1, 0.15) is 6.04 Å². The minimum atomic E-state index is -3.82. The van der Waals surface area contributed by atoms with Gasteiger partial charge in [-0.15, -0.1) is 0 Å². The van der Waals surface area contributed by atoms with Crippen LogP contribution in [0.4, 0.5) is 11.4 Å². The summed E-state index contributed by atoms with van der Waals surface area (Å²) in [4.78, 5) is 23.6. The summed E-state index contributed by atoms with van der Waals surface area (Å²) in [6.45, 7) is 1.80. The summed E-state index contributed by atoms with van der Waals surface area (Å²) in [5.74, 6) is -0.484. The lowest BCUT2D eigenvalue weighted by Crippen LogP contribution is -2.49. The molecule has 1 aliphatic rings. The molecule has 0 spiro atoms. The Labute approximate surface area is 163 Å². The van der Waals surface area contributed by atoms with Crippen molar-refractivity contribution in [3.8, 4) is 0 Å². The molecular formula is C19H21N3O5S. The fraction of sp³-hybridized carbons (Fsp3) is 0.316. The lowest BCUT2D eigenvalue weighted by atomic mass is 10.0. The van der Waals surface area contributed by atoms with Gasteiger partial charge < -0.3 is 5.32 Å². The van der Waals surface area contributed by atoms with Gasteiger partial charge in [0.05, 0.1) is 21.1 Å². The zero-order valence-corrected chi connectivity index (χ0v) is 16.2. The standard InChI is InChI=1S/C19H21N3O5S/c1-14-16(10-7-12-17(14)22(24)25)20-19(23)18-11-5-6-13-21(18)28(26,27)15-8-3-2-4-9-15/h2-4,7-10,12,18H,5-6,11,13H2,1H3,(H,20,23). The van der Waals surface area contributed by atoms with Crippen molar-refractivity contribution in [1.29, 1.82) is 0 Å². The van der Waals surface area contributed by atoms with Crippen molar-refractivity contribution in [3.63, 3.8) is 0 Å². The van der Waals surface area contributed by atoms with Crippen LogP contribution in [0.1, 0.15) is 24.8 Å². The highest BCUT2D eigenvalue weighted by Crippen LogP contribution is 2.28. The SMILES string of the molecule is Cc1c(NC(=O)C2CCCCN2S(=O)(=O)c2ccccc2)cccc1[N+](=O)[O-]. The van der Waals surface area contributed by atoms with Crippen LogP contribution in [0.25, 0.3) is 0 Å². The first-order chi connectivity index (χ1) is 13.3. The predicted molar refractivity (Wildman–Crippen MR) is 104 cm³/mol. The topological polar surface area (TPSA) is 110 Å². The van der Waals surface area contributed by atoms with Crippen molar-refractivity contribution in [2.75, 3.05) is 11.9 Å². The number of hydrogen-bond acceptors (Lipinski definition) is 5. The van der Waals surface area contributed by atoms with Crippen LogP contribution in [0.3, 0.4) is 0 Å². The van der Waals surface area contributed by atoms with E-state index in [0.29, 0.717) is 24.1 Å². The fourth-order valence-corrected chi connectivity index (χ4v) is 5.03. The Bertz CT molecular complexity index is 992. The Kier molecular flexibility index (Phi) is 5.76. The van der Waals surface area contributed by atoms with E-state index in [1.54, 1.807) is 31.2 Å². The minimum absolute atomic E-state index is 0.102. The van der Waals surface area contributed by atoms with Crippen LogP contribution in [0.15, 0.2) is 53.4 Å². The summed E-state index contributed by atoms with van der Waals surface area (Å²) in [6, 6.07) is 11.6. The van der Waals surface area contributed by atoms with E-state index in [4.69, 9.17) is 0 Å². The molecule has 0 aliphatic carbocycles. The zero-order chi connectivity index (χ0) is 20.3. The number of sulfonamides is 1. The fourth-order valence-electron chi connectivity index (χ4n) is 3.36. The molecular weight excluding hydrogens is 382 g/mol. The maximum Gasteiger partial charge on any atom is 0.274 e. The van der Waals surface area contributed by atoms with Gasteiger partial charge in [-0.3, -0.25) is 14.9 Å². The number of benzene rings is 2. The van der Waals surface area contributed by atoms with Crippen molar-refractivity contribution in [3.05, 3.63) is 64.2 Å². The van der Waals surface area contributed by atoms with E-state index in [1.165, 1.54) is 28.6 Å². The van der Waals surface area contributed by atoms with Crippen LogP contribution >= 0.6 is 0 Å². The van der Waals surface area contributed by atoms with E-state index < -0.39 is 26.9 Å². The number of nitrogens with zero attached hydrogens (tertiary/aromatic N) is 2. The molecule has 1 fully saturated rings. The number of nitrogens with one attached hydrogen (secondary N) is 1. The summed E-state index contributed by atoms with van der Waals surface area (Å²) in [5.41, 5.74) is 0.533. The van der Waals surface area contributed by atoms with Gasteiger partial charge in [-0.2, -0.15) is 4.31 Å². The number of hydrogen-bond donors (Lipinski definition) is 1. The third kappa shape index (κ3) is 3.90. The Hall–Kier alpha value is -2.78. The number of carbonyl (C=O) groups is 1. The van der Waals surface area contributed by atoms with E-state index in [-0.39, 0.29) is 17.1 Å². The van der Waals surface area contributed by atoms with Gasteiger partial charge in [-0.1, -0.05) is 30.7 Å². The number of carbonyl (C=O) groups excluding carboxylic acids is 1. The van der Waals surface area contributed by atoms with Crippen molar-refractivity contribution in [2.45, 2.75) is 37.1 Å². The Morgan fingerprint density at radius 2 is 1.86 bits per heavy atom. The third-order valence-corrected chi connectivity index (χ3v) is 6.79. The average Bonchev–Trinajstić information content (AvgIpc) is 2.70. The summed E-state index contributed by atoms with van der Waals surface area (Å²) >= 11 is 0. The minimum Gasteiger partial charge on any atom is -0.324 e. The lowest BCUT2D eigenvalue weighted by molar-refractivity contribution is -0.385. The van der Waals surface area contributed by atoms with Gasteiger partial charge in [0.15, 0.2) is 0 Å². The molecule has 1 aliphatic heterocycles. The van der Waals surface area contributed by atoms with Gasteiger partial charge in [-0.25, -0.2) is 8.42 Å². The Morgan fingerprint density at radius 1 is 1.14 bits per heavy atom. The molecule has 9 heteroatoms. The van der Waals surface area contributed by atoms with Crippen LogP contribution in [-0.2, 0) is 14.8 Å². The number of anilines is 1. The molecule has 1 amide bonds. The third-order valence-electron chi connectivity index (χ3n) is 4.87. The highest BCUT2D eigenvalue weighted by Gasteiger charge is 2.37. The number of piperidine rings is 1. The van der Waals surface area contributed by atoms with E-state index in [1.807, 2.05) is 0 Å². The molecule has 0 saturated carbocycles. The number of amides is 1. The quantitative estimate of drug-likeness (QED) is 0.609. The van der Waals surface area contributed by atoms with Gasteiger partial charge >= 0.3 is 0 Å². The first-order valence-corrected chi connectivity index (χ1v) is 10.4. The predicted octanol–water partition coefficient (Wildman–Crippen LogP) is 3.09. The Morgan fingerprint density at radius 3 is 2.54 bits per heavy atom. The molecule has 1 N–H and O–H groups in total. The van der Waals surface area contributed by atoms with Gasteiger partial charge in [-0.05, 0) is 38.0 Å². The van der Waals surface area contributed by atoms with Crippen molar-refractivity contribution in [1.82, 2.24) is 4.31 Å². The second-order valence-electron chi connectivity index (χ2n) is 6.64. The Balaban J connectivity index is 1.88. The van der Waals surface area contributed by atoms with Crippen molar-refractivity contribution in [2.24, 2.45) is 0 Å². The second kappa shape index (κ2) is 8.07. The first-order valence-electron chi connectivity index (χ1n) is 8.94. The smallest absolute Gasteiger partial charge is 0.274 e.